The van der Waals surface area contributed by atoms with Crippen molar-refractivity contribution in [2.24, 2.45) is 5.92 Å². The van der Waals surface area contributed by atoms with E-state index in [4.69, 9.17) is 5.73 Å². The molecule has 0 spiro atoms. The molecular formula is C15H28N4OS. The maximum atomic E-state index is 12.2. The molecule has 1 unspecified atom stereocenters. The molecule has 1 aromatic heterocycles. The molecule has 1 aromatic rings. The highest BCUT2D eigenvalue weighted by molar-refractivity contribution is 7.18. The summed E-state index contributed by atoms with van der Waals surface area (Å²) in [5, 5.41) is 6.86. The molecule has 6 heteroatoms. The molecule has 0 fully saturated rings. The number of amides is 1. The van der Waals surface area contributed by atoms with Crippen LogP contribution in [0.1, 0.15) is 63.0 Å². The van der Waals surface area contributed by atoms with Gasteiger partial charge in [-0.2, -0.15) is 0 Å². The predicted octanol–water partition coefficient (Wildman–Crippen LogP) is 3.49. The van der Waals surface area contributed by atoms with Crippen molar-refractivity contribution in [2.45, 2.75) is 59.4 Å². The van der Waals surface area contributed by atoms with E-state index in [9.17, 15) is 4.79 Å². The first-order chi connectivity index (χ1) is 9.97. The van der Waals surface area contributed by atoms with Gasteiger partial charge in [0.15, 0.2) is 5.13 Å². The molecule has 1 atom stereocenters. The third-order valence-corrected chi connectivity index (χ3v) is 4.37. The van der Waals surface area contributed by atoms with E-state index < -0.39 is 0 Å². The molecule has 1 rings (SSSR count). The van der Waals surface area contributed by atoms with E-state index in [1.54, 1.807) is 0 Å². The third kappa shape index (κ3) is 5.91. The van der Waals surface area contributed by atoms with E-state index in [1.165, 1.54) is 24.2 Å². The number of nitrogens with one attached hydrogen (secondary N) is 2. The molecule has 0 saturated carbocycles. The van der Waals surface area contributed by atoms with Crippen LogP contribution >= 0.6 is 11.3 Å². The lowest BCUT2D eigenvalue weighted by Gasteiger charge is -2.14. The van der Waals surface area contributed by atoms with Crippen LogP contribution in [0, 0.1) is 5.92 Å². The zero-order valence-corrected chi connectivity index (χ0v) is 14.3. The number of aromatic nitrogens is 1. The van der Waals surface area contributed by atoms with Crippen LogP contribution in [0.5, 0.6) is 0 Å². The number of nitrogen functional groups attached to an aromatic ring is 1. The van der Waals surface area contributed by atoms with Crippen molar-refractivity contribution in [1.29, 1.82) is 0 Å². The molecule has 0 saturated heterocycles. The van der Waals surface area contributed by atoms with Gasteiger partial charge in [-0.25, -0.2) is 4.98 Å². The third-order valence-electron chi connectivity index (χ3n) is 3.37. The van der Waals surface area contributed by atoms with Crippen LogP contribution in [-0.2, 0) is 0 Å². The van der Waals surface area contributed by atoms with Crippen molar-refractivity contribution in [3.8, 4) is 0 Å². The van der Waals surface area contributed by atoms with Crippen molar-refractivity contribution in [2.75, 3.05) is 17.6 Å². The van der Waals surface area contributed by atoms with Crippen LogP contribution < -0.4 is 16.4 Å². The average molecular weight is 312 g/mol. The van der Waals surface area contributed by atoms with Crippen molar-refractivity contribution in [3.05, 3.63) is 4.88 Å². The van der Waals surface area contributed by atoms with E-state index in [2.05, 4.69) is 29.5 Å². The number of anilines is 2. The zero-order valence-electron chi connectivity index (χ0n) is 13.5. The molecule has 120 valence electrons. The Kier molecular flexibility index (Phi) is 7.50. The summed E-state index contributed by atoms with van der Waals surface area (Å²) >= 11 is 1.31. The van der Waals surface area contributed by atoms with Crippen LogP contribution in [0.3, 0.4) is 0 Å². The molecule has 1 amide bonds. The molecule has 0 aliphatic carbocycles. The van der Waals surface area contributed by atoms with Gasteiger partial charge in [-0.15, -0.1) is 0 Å². The molecule has 4 N–H and O–H groups in total. The minimum atomic E-state index is -0.114. The number of nitrogens with zero attached hydrogens (tertiary/aromatic N) is 1. The standard InChI is InChI=1S/C15H28N4OS/c1-5-7-8-11(6-2)9-17-14(20)12-13(16)19-15(21-12)18-10(3)4/h10-11H,5-9,16H2,1-4H3,(H,17,20)(H,18,19). The van der Waals surface area contributed by atoms with Crippen LogP contribution in [0.25, 0.3) is 0 Å². The molecule has 0 aromatic carbocycles. The first-order valence-corrected chi connectivity index (χ1v) is 8.60. The van der Waals surface area contributed by atoms with Gasteiger partial charge in [-0.1, -0.05) is 44.4 Å². The molecule has 5 nitrogen and oxygen atoms in total. The van der Waals surface area contributed by atoms with Gasteiger partial charge in [-0.05, 0) is 26.2 Å². The summed E-state index contributed by atoms with van der Waals surface area (Å²) in [5.74, 6) is 0.732. The fourth-order valence-electron chi connectivity index (χ4n) is 2.06. The number of thiazole rings is 1. The second-order valence-corrected chi connectivity index (χ2v) is 6.66. The van der Waals surface area contributed by atoms with Crippen LogP contribution in [-0.4, -0.2) is 23.5 Å². The maximum Gasteiger partial charge on any atom is 0.265 e. The summed E-state index contributed by atoms with van der Waals surface area (Å²) < 4.78 is 0. The summed E-state index contributed by atoms with van der Waals surface area (Å²) in [6.45, 7) is 9.11. The molecule has 0 radical (unpaired) electrons. The second-order valence-electron chi connectivity index (χ2n) is 5.66. The largest absolute Gasteiger partial charge is 0.382 e. The van der Waals surface area contributed by atoms with Crippen LogP contribution in [0.2, 0.25) is 0 Å². The van der Waals surface area contributed by atoms with E-state index in [0.717, 1.165) is 12.8 Å². The van der Waals surface area contributed by atoms with E-state index in [-0.39, 0.29) is 11.9 Å². The normalized spacial score (nSPS) is 12.4. The molecule has 0 bridgehead atoms. The summed E-state index contributed by atoms with van der Waals surface area (Å²) in [7, 11) is 0. The lowest BCUT2D eigenvalue weighted by molar-refractivity contribution is 0.0950. The van der Waals surface area contributed by atoms with Gasteiger partial charge in [0.2, 0.25) is 0 Å². The number of hydrogen-bond acceptors (Lipinski definition) is 5. The van der Waals surface area contributed by atoms with Gasteiger partial charge in [-0.3, -0.25) is 4.79 Å². The fraction of sp³-hybridized carbons (Fsp3) is 0.733. The van der Waals surface area contributed by atoms with Crippen molar-refractivity contribution in [3.63, 3.8) is 0 Å². The Morgan fingerprint density at radius 3 is 2.67 bits per heavy atom. The Labute approximate surface area is 131 Å². The van der Waals surface area contributed by atoms with E-state index >= 15 is 0 Å². The Morgan fingerprint density at radius 2 is 2.10 bits per heavy atom. The van der Waals surface area contributed by atoms with E-state index in [0.29, 0.717) is 28.3 Å². The topological polar surface area (TPSA) is 80.0 Å². The Hall–Kier alpha value is -1.30. The first-order valence-electron chi connectivity index (χ1n) is 7.78. The number of nitrogens with two attached hydrogens (primary N) is 1. The predicted molar refractivity (Wildman–Crippen MR) is 90.9 cm³/mol. The highest BCUT2D eigenvalue weighted by Crippen LogP contribution is 2.25. The molecule has 21 heavy (non-hydrogen) atoms. The quantitative estimate of drug-likeness (QED) is 0.652. The summed E-state index contributed by atoms with van der Waals surface area (Å²) in [5.41, 5.74) is 5.84. The summed E-state index contributed by atoms with van der Waals surface area (Å²) in [6, 6.07) is 0.268. The monoisotopic (exact) mass is 312 g/mol. The Balaban J connectivity index is 2.56. The highest BCUT2D eigenvalue weighted by Gasteiger charge is 2.17. The number of hydrogen-bond donors (Lipinski definition) is 3. The molecule has 1 heterocycles. The maximum absolute atomic E-state index is 12.2. The van der Waals surface area contributed by atoms with Crippen molar-refractivity contribution >= 4 is 28.2 Å². The van der Waals surface area contributed by atoms with Gasteiger partial charge in [0, 0.05) is 12.6 Å². The SMILES string of the molecule is CCCCC(CC)CNC(=O)c1sc(NC(C)C)nc1N. The highest BCUT2D eigenvalue weighted by atomic mass is 32.1. The second kappa shape index (κ2) is 8.87. The van der Waals surface area contributed by atoms with Crippen molar-refractivity contribution in [1.82, 2.24) is 10.3 Å². The average Bonchev–Trinajstić information content (AvgIpc) is 2.78. The van der Waals surface area contributed by atoms with E-state index in [1.807, 2.05) is 13.8 Å². The number of carbonyl (C=O) groups is 1. The van der Waals surface area contributed by atoms with Gasteiger partial charge in [0.1, 0.15) is 10.7 Å². The van der Waals surface area contributed by atoms with Gasteiger partial charge >= 0.3 is 0 Å². The number of unbranched alkanes of at least 4 members (excludes halogenated alkanes) is 1. The lowest BCUT2D eigenvalue weighted by Crippen LogP contribution is -2.29. The van der Waals surface area contributed by atoms with Crippen molar-refractivity contribution < 1.29 is 4.79 Å². The number of carbonyl (C=O) groups excluding carboxylic acids is 1. The van der Waals surface area contributed by atoms with Gasteiger partial charge in [0.05, 0.1) is 0 Å². The molecule has 0 aliphatic rings. The van der Waals surface area contributed by atoms with Crippen LogP contribution in [0.15, 0.2) is 0 Å². The van der Waals surface area contributed by atoms with Crippen LogP contribution in [0.4, 0.5) is 10.9 Å². The zero-order chi connectivity index (χ0) is 15.8. The van der Waals surface area contributed by atoms with Gasteiger partial charge < -0.3 is 16.4 Å². The van der Waals surface area contributed by atoms with Gasteiger partial charge in [0.25, 0.3) is 5.91 Å². The smallest absolute Gasteiger partial charge is 0.265 e. The molecular weight excluding hydrogens is 284 g/mol. The lowest BCUT2D eigenvalue weighted by atomic mass is 9.99. The minimum absolute atomic E-state index is 0.114. The molecule has 0 aliphatic heterocycles. The summed E-state index contributed by atoms with van der Waals surface area (Å²) in [6.07, 6.45) is 4.64. The Morgan fingerprint density at radius 1 is 1.38 bits per heavy atom. The number of rotatable bonds is 9. The summed E-state index contributed by atoms with van der Waals surface area (Å²) in [4.78, 5) is 16.9. The first kappa shape index (κ1) is 17.8. The Bertz CT molecular complexity index is 445. The minimum Gasteiger partial charge on any atom is -0.382 e. The fourth-order valence-corrected chi connectivity index (χ4v) is 3.01.